The van der Waals surface area contributed by atoms with Crippen molar-refractivity contribution in [2.75, 3.05) is 0 Å². The second kappa shape index (κ2) is 5.14. The van der Waals surface area contributed by atoms with Gasteiger partial charge in [-0.2, -0.15) is 0 Å². The molecular weight excluding hydrogens is 222 g/mol. The minimum atomic E-state index is 0.568. The number of nitrogens with two attached hydrogens (primary N) is 1. The van der Waals surface area contributed by atoms with Gasteiger partial charge >= 0.3 is 0 Å². The van der Waals surface area contributed by atoms with Crippen LogP contribution in [0, 0.1) is 6.92 Å². The molecule has 0 saturated carbocycles. The lowest BCUT2D eigenvalue weighted by Crippen LogP contribution is -1.96. The van der Waals surface area contributed by atoms with Crippen LogP contribution < -0.4 is 5.73 Å². The molecular formula is C11H13N3OS. The van der Waals surface area contributed by atoms with Gasteiger partial charge in [0.25, 0.3) is 5.22 Å². The Kier molecular flexibility index (Phi) is 3.58. The van der Waals surface area contributed by atoms with Crippen molar-refractivity contribution in [1.29, 1.82) is 0 Å². The molecule has 0 fully saturated rings. The van der Waals surface area contributed by atoms with E-state index in [4.69, 9.17) is 10.2 Å². The summed E-state index contributed by atoms with van der Waals surface area (Å²) in [5.74, 6) is 1.41. The van der Waals surface area contributed by atoms with E-state index in [1.165, 1.54) is 17.3 Å². The molecule has 5 heteroatoms. The fourth-order valence-electron chi connectivity index (χ4n) is 1.33. The monoisotopic (exact) mass is 235 g/mol. The largest absolute Gasteiger partial charge is 0.416 e. The van der Waals surface area contributed by atoms with Crippen molar-refractivity contribution in [3.63, 3.8) is 0 Å². The van der Waals surface area contributed by atoms with E-state index in [1.807, 2.05) is 12.1 Å². The Morgan fingerprint density at radius 1 is 1.31 bits per heavy atom. The fourth-order valence-corrected chi connectivity index (χ4v) is 2.08. The van der Waals surface area contributed by atoms with E-state index >= 15 is 0 Å². The number of hydrogen-bond donors (Lipinski definition) is 1. The van der Waals surface area contributed by atoms with Gasteiger partial charge in [0, 0.05) is 19.2 Å². The SMILES string of the molecule is Cc1nnc(SCc2cccc(CN)c2)o1. The normalized spacial score (nSPS) is 10.6. The first-order valence-corrected chi connectivity index (χ1v) is 5.97. The average Bonchev–Trinajstić information content (AvgIpc) is 2.73. The Morgan fingerprint density at radius 3 is 2.81 bits per heavy atom. The molecule has 2 aromatic rings. The molecule has 0 atom stereocenters. The molecule has 0 aliphatic heterocycles. The Bertz CT molecular complexity index is 470. The molecule has 0 saturated heterocycles. The molecule has 0 radical (unpaired) electrons. The molecule has 1 aromatic carbocycles. The van der Waals surface area contributed by atoms with Crippen molar-refractivity contribution in [3.8, 4) is 0 Å². The van der Waals surface area contributed by atoms with Crippen LogP contribution >= 0.6 is 11.8 Å². The Hall–Kier alpha value is -1.33. The number of benzene rings is 1. The maximum atomic E-state index is 5.58. The summed E-state index contributed by atoms with van der Waals surface area (Å²) in [6.45, 7) is 2.35. The van der Waals surface area contributed by atoms with Crippen LogP contribution in [0.2, 0.25) is 0 Å². The third-order valence-corrected chi connectivity index (χ3v) is 2.99. The quantitative estimate of drug-likeness (QED) is 0.822. The zero-order chi connectivity index (χ0) is 11.4. The predicted octanol–water partition coefficient (Wildman–Crippen LogP) is 2.13. The Morgan fingerprint density at radius 2 is 2.12 bits per heavy atom. The van der Waals surface area contributed by atoms with E-state index in [-0.39, 0.29) is 0 Å². The summed E-state index contributed by atoms with van der Waals surface area (Å²) in [7, 11) is 0. The van der Waals surface area contributed by atoms with Crippen LogP contribution in [0.4, 0.5) is 0 Å². The first-order valence-electron chi connectivity index (χ1n) is 4.98. The van der Waals surface area contributed by atoms with E-state index in [0.29, 0.717) is 17.7 Å². The summed E-state index contributed by atoms with van der Waals surface area (Å²) in [5, 5.41) is 8.31. The van der Waals surface area contributed by atoms with E-state index in [2.05, 4.69) is 22.3 Å². The highest BCUT2D eigenvalue weighted by atomic mass is 32.2. The fraction of sp³-hybridized carbons (Fsp3) is 0.273. The smallest absolute Gasteiger partial charge is 0.276 e. The van der Waals surface area contributed by atoms with Crippen LogP contribution in [0.3, 0.4) is 0 Å². The predicted molar refractivity (Wildman–Crippen MR) is 62.9 cm³/mol. The third kappa shape index (κ3) is 2.84. The van der Waals surface area contributed by atoms with Gasteiger partial charge in [0.2, 0.25) is 5.89 Å². The number of hydrogen-bond acceptors (Lipinski definition) is 5. The van der Waals surface area contributed by atoms with Crippen LogP contribution in [0.25, 0.3) is 0 Å². The molecule has 4 nitrogen and oxygen atoms in total. The van der Waals surface area contributed by atoms with E-state index in [0.717, 1.165) is 11.3 Å². The van der Waals surface area contributed by atoms with Crippen LogP contribution in [0.1, 0.15) is 17.0 Å². The molecule has 16 heavy (non-hydrogen) atoms. The first kappa shape index (κ1) is 11.2. The molecule has 0 amide bonds. The molecule has 2 N–H and O–H groups in total. The third-order valence-electron chi connectivity index (χ3n) is 2.10. The zero-order valence-corrected chi connectivity index (χ0v) is 9.83. The van der Waals surface area contributed by atoms with Gasteiger partial charge in [-0.05, 0) is 11.1 Å². The zero-order valence-electron chi connectivity index (χ0n) is 9.01. The standard InChI is InChI=1S/C11H13N3OS/c1-8-13-14-11(15-8)16-7-10-4-2-3-9(5-10)6-12/h2-5H,6-7,12H2,1H3. The minimum absolute atomic E-state index is 0.568. The lowest BCUT2D eigenvalue weighted by Gasteiger charge is -2.01. The number of thioether (sulfide) groups is 1. The summed E-state index contributed by atoms with van der Waals surface area (Å²) >= 11 is 1.53. The number of aryl methyl sites for hydroxylation is 1. The Balaban J connectivity index is 1.99. The Labute approximate surface area is 98.2 Å². The van der Waals surface area contributed by atoms with Gasteiger partial charge < -0.3 is 10.2 Å². The van der Waals surface area contributed by atoms with E-state index < -0.39 is 0 Å². The van der Waals surface area contributed by atoms with Crippen molar-refractivity contribution in [3.05, 3.63) is 41.3 Å². The minimum Gasteiger partial charge on any atom is -0.416 e. The molecule has 84 valence electrons. The first-order chi connectivity index (χ1) is 7.78. The van der Waals surface area contributed by atoms with Crippen LogP contribution in [-0.4, -0.2) is 10.2 Å². The van der Waals surface area contributed by atoms with Gasteiger partial charge in [-0.1, -0.05) is 36.0 Å². The molecule has 0 aliphatic rings. The van der Waals surface area contributed by atoms with Crippen molar-refractivity contribution >= 4 is 11.8 Å². The van der Waals surface area contributed by atoms with Gasteiger partial charge in [0.05, 0.1) is 0 Å². The topological polar surface area (TPSA) is 64.9 Å². The maximum absolute atomic E-state index is 5.58. The number of rotatable bonds is 4. The highest BCUT2D eigenvalue weighted by Gasteiger charge is 2.03. The van der Waals surface area contributed by atoms with Gasteiger partial charge in [-0.3, -0.25) is 0 Å². The van der Waals surface area contributed by atoms with Crippen molar-refractivity contribution in [2.24, 2.45) is 5.73 Å². The highest BCUT2D eigenvalue weighted by Crippen LogP contribution is 2.21. The number of nitrogens with zero attached hydrogens (tertiary/aromatic N) is 2. The lowest BCUT2D eigenvalue weighted by atomic mass is 10.1. The highest BCUT2D eigenvalue weighted by molar-refractivity contribution is 7.98. The summed E-state index contributed by atoms with van der Waals surface area (Å²) in [6, 6.07) is 8.19. The molecule has 0 spiro atoms. The van der Waals surface area contributed by atoms with Crippen molar-refractivity contribution in [1.82, 2.24) is 10.2 Å². The molecule has 2 rings (SSSR count). The molecule has 1 aromatic heterocycles. The maximum Gasteiger partial charge on any atom is 0.276 e. The summed E-state index contributed by atoms with van der Waals surface area (Å²) < 4.78 is 5.28. The van der Waals surface area contributed by atoms with Gasteiger partial charge in [-0.25, -0.2) is 0 Å². The van der Waals surface area contributed by atoms with Crippen molar-refractivity contribution in [2.45, 2.75) is 24.4 Å². The molecule has 1 heterocycles. The van der Waals surface area contributed by atoms with Crippen molar-refractivity contribution < 1.29 is 4.42 Å². The second-order valence-corrected chi connectivity index (χ2v) is 4.33. The van der Waals surface area contributed by atoms with Gasteiger partial charge in [0.1, 0.15) is 0 Å². The van der Waals surface area contributed by atoms with Gasteiger partial charge in [0.15, 0.2) is 0 Å². The molecule has 0 aliphatic carbocycles. The molecule has 0 bridgehead atoms. The van der Waals surface area contributed by atoms with Gasteiger partial charge in [-0.15, -0.1) is 10.2 Å². The van der Waals surface area contributed by atoms with Crippen LogP contribution in [-0.2, 0) is 12.3 Å². The lowest BCUT2D eigenvalue weighted by molar-refractivity contribution is 0.429. The average molecular weight is 235 g/mol. The van der Waals surface area contributed by atoms with Crippen LogP contribution in [0.15, 0.2) is 33.9 Å². The second-order valence-electron chi connectivity index (χ2n) is 3.40. The summed E-state index contributed by atoms with van der Waals surface area (Å²) in [4.78, 5) is 0. The van der Waals surface area contributed by atoms with E-state index in [9.17, 15) is 0 Å². The molecule has 0 unspecified atom stereocenters. The summed E-state index contributed by atoms with van der Waals surface area (Å²) in [5.41, 5.74) is 7.93. The van der Waals surface area contributed by atoms with Crippen LogP contribution in [0.5, 0.6) is 0 Å². The number of aromatic nitrogens is 2. The van der Waals surface area contributed by atoms with E-state index in [1.54, 1.807) is 6.92 Å². The summed E-state index contributed by atoms with van der Waals surface area (Å²) in [6.07, 6.45) is 0.